The lowest BCUT2D eigenvalue weighted by Gasteiger charge is -2.40. The van der Waals surface area contributed by atoms with Gasteiger partial charge in [0.15, 0.2) is 0 Å². The van der Waals surface area contributed by atoms with Gasteiger partial charge in [0.1, 0.15) is 17.1 Å². The molecule has 0 radical (unpaired) electrons. The summed E-state index contributed by atoms with van der Waals surface area (Å²) in [5, 5.41) is 12.8. The van der Waals surface area contributed by atoms with Gasteiger partial charge in [0.05, 0.1) is 35.6 Å². The molecular weight excluding hydrogens is 459 g/mol. The highest BCUT2D eigenvalue weighted by Gasteiger charge is 2.53. The van der Waals surface area contributed by atoms with Crippen molar-refractivity contribution in [2.45, 2.75) is 38.3 Å². The number of fused-ring (bicyclic) bond motifs is 2. The number of hydrogen-bond donors (Lipinski definition) is 2. The van der Waals surface area contributed by atoms with Gasteiger partial charge in [-0.3, -0.25) is 4.79 Å². The SMILES string of the molecule is Cc1nc(N[C@H](C)c2cc(N)cc(C#N)c2)c2c(n1)C1(CCN(C)C1)C(=O)N(c1cccnc1F)C2. The number of pyridine rings is 1. The Morgan fingerprint density at radius 1 is 1.31 bits per heavy atom. The van der Waals surface area contributed by atoms with E-state index >= 15 is 0 Å². The van der Waals surface area contributed by atoms with Crippen molar-refractivity contribution in [3.63, 3.8) is 0 Å². The number of amides is 1. The van der Waals surface area contributed by atoms with E-state index in [1.165, 1.54) is 11.1 Å². The first kappa shape index (κ1) is 23.6. The second-order valence-electron chi connectivity index (χ2n) is 9.59. The van der Waals surface area contributed by atoms with Crippen LogP contribution in [0.25, 0.3) is 0 Å². The van der Waals surface area contributed by atoms with Crippen LogP contribution in [0, 0.1) is 24.2 Å². The number of anilines is 3. The van der Waals surface area contributed by atoms with Crippen molar-refractivity contribution in [1.82, 2.24) is 19.9 Å². The fourth-order valence-electron chi connectivity index (χ4n) is 5.27. The summed E-state index contributed by atoms with van der Waals surface area (Å²) < 4.78 is 14.8. The molecule has 1 amide bonds. The first-order valence-corrected chi connectivity index (χ1v) is 11.8. The zero-order valence-electron chi connectivity index (χ0n) is 20.4. The molecule has 0 bridgehead atoms. The summed E-state index contributed by atoms with van der Waals surface area (Å²) in [5.74, 6) is 0.228. The molecule has 3 N–H and O–H groups in total. The molecule has 1 unspecified atom stereocenters. The number of nitriles is 1. The van der Waals surface area contributed by atoms with Gasteiger partial charge >= 0.3 is 0 Å². The number of aromatic nitrogens is 3. The number of benzene rings is 1. The quantitative estimate of drug-likeness (QED) is 0.426. The summed E-state index contributed by atoms with van der Waals surface area (Å²) in [6.45, 7) is 5.05. The van der Waals surface area contributed by atoms with Crippen LogP contribution in [0.5, 0.6) is 0 Å². The third-order valence-electron chi connectivity index (χ3n) is 6.99. The van der Waals surface area contributed by atoms with Crippen LogP contribution in [0.4, 0.5) is 21.6 Å². The Morgan fingerprint density at radius 3 is 2.81 bits per heavy atom. The Morgan fingerprint density at radius 2 is 2.11 bits per heavy atom. The van der Waals surface area contributed by atoms with Gasteiger partial charge in [0, 0.05) is 24.0 Å². The van der Waals surface area contributed by atoms with Gasteiger partial charge < -0.3 is 20.9 Å². The van der Waals surface area contributed by atoms with E-state index in [1.54, 1.807) is 31.2 Å². The van der Waals surface area contributed by atoms with Crippen molar-refractivity contribution in [3.05, 3.63) is 70.7 Å². The fourth-order valence-corrected chi connectivity index (χ4v) is 5.27. The Balaban J connectivity index is 1.63. The van der Waals surface area contributed by atoms with Crippen molar-refractivity contribution in [3.8, 4) is 6.07 Å². The van der Waals surface area contributed by atoms with Gasteiger partial charge in [0.25, 0.3) is 0 Å². The third-order valence-corrected chi connectivity index (χ3v) is 6.99. The lowest BCUT2D eigenvalue weighted by Crippen LogP contribution is -2.53. The van der Waals surface area contributed by atoms with Crippen molar-refractivity contribution in [2.75, 3.05) is 36.1 Å². The van der Waals surface area contributed by atoms with Crippen molar-refractivity contribution >= 4 is 23.1 Å². The number of halogens is 1. The first-order valence-electron chi connectivity index (χ1n) is 11.8. The number of hydrogen-bond acceptors (Lipinski definition) is 8. The molecule has 1 aromatic carbocycles. The fraction of sp³-hybridized carbons (Fsp3) is 0.346. The number of likely N-dealkylation sites (N-methyl/N-ethyl adjacent to an activating group) is 1. The van der Waals surface area contributed by atoms with E-state index < -0.39 is 11.4 Å². The standard InChI is InChI=1S/C26H27FN8O/c1-15(18-9-17(12-28)10-19(29)11-18)31-24-20-13-35(21-5-4-7-30-23(21)27)25(36)26(6-8-34(3)14-26)22(20)32-16(2)33-24/h4-5,7,9-11,15H,6,8,13-14,29H2,1-3H3,(H,31,32,33)/t15-,26?/m1/s1. The molecule has 9 nitrogen and oxygen atoms in total. The highest BCUT2D eigenvalue weighted by molar-refractivity contribution is 6.03. The minimum absolute atomic E-state index is 0.109. The van der Waals surface area contributed by atoms with Crippen LogP contribution in [-0.2, 0) is 16.8 Å². The minimum atomic E-state index is -0.914. The molecule has 2 aromatic heterocycles. The Bertz CT molecular complexity index is 1400. The first-order chi connectivity index (χ1) is 17.2. The van der Waals surface area contributed by atoms with Gasteiger partial charge in [-0.25, -0.2) is 15.0 Å². The van der Waals surface area contributed by atoms with E-state index in [1.807, 2.05) is 20.0 Å². The number of nitrogens with one attached hydrogen (secondary N) is 1. The molecule has 10 heteroatoms. The molecule has 184 valence electrons. The molecule has 2 aliphatic heterocycles. The zero-order valence-corrected chi connectivity index (χ0v) is 20.4. The van der Waals surface area contributed by atoms with Crippen LogP contribution >= 0.6 is 0 Å². The minimum Gasteiger partial charge on any atom is -0.399 e. The summed E-state index contributed by atoms with van der Waals surface area (Å²) in [7, 11) is 1.97. The van der Waals surface area contributed by atoms with Gasteiger partial charge in [-0.15, -0.1) is 0 Å². The van der Waals surface area contributed by atoms with E-state index in [0.717, 1.165) is 17.7 Å². The molecule has 2 aliphatic rings. The van der Waals surface area contributed by atoms with E-state index in [-0.39, 0.29) is 24.2 Å². The van der Waals surface area contributed by atoms with Gasteiger partial charge in [0.2, 0.25) is 11.9 Å². The lowest BCUT2D eigenvalue weighted by molar-refractivity contribution is -0.124. The molecule has 4 heterocycles. The monoisotopic (exact) mass is 486 g/mol. The largest absolute Gasteiger partial charge is 0.399 e. The number of nitrogens with two attached hydrogens (primary N) is 1. The van der Waals surface area contributed by atoms with Crippen molar-refractivity contribution < 1.29 is 9.18 Å². The maximum Gasteiger partial charge on any atom is 0.241 e. The van der Waals surface area contributed by atoms with Crippen LogP contribution in [0.15, 0.2) is 36.5 Å². The van der Waals surface area contributed by atoms with E-state index in [0.29, 0.717) is 41.6 Å². The summed E-state index contributed by atoms with van der Waals surface area (Å²) in [5.41, 5.74) is 8.45. The molecule has 36 heavy (non-hydrogen) atoms. The number of likely N-dealkylation sites (tertiary alicyclic amines) is 1. The van der Waals surface area contributed by atoms with Crippen LogP contribution in [0.1, 0.15) is 47.6 Å². The van der Waals surface area contributed by atoms with Gasteiger partial charge in [-0.2, -0.15) is 9.65 Å². The molecule has 5 rings (SSSR count). The van der Waals surface area contributed by atoms with E-state index in [4.69, 9.17) is 10.7 Å². The van der Waals surface area contributed by atoms with Crippen LogP contribution in [-0.4, -0.2) is 45.9 Å². The lowest BCUT2D eigenvalue weighted by atomic mass is 9.76. The Hall–Kier alpha value is -4.10. The van der Waals surface area contributed by atoms with Gasteiger partial charge in [-0.05, 0) is 69.8 Å². The zero-order chi connectivity index (χ0) is 25.6. The second kappa shape index (κ2) is 8.84. The maximum atomic E-state index is 14.8. The number of nitrogens with zero attached hydrogens (tertiary/aromatic N) is 6. The number of nitrogen functional groups attached to an aromatic ring is 1. The van der Waals surface area contributed by atoms with Crippen molar-refractivity contribution in [2.24, 2.45) is 0 Å². The van der Waals surface area contributed by atoms with Gasteiger partial charge in [-0.1, -0.05) is 0 Å². The molecule has 0 saturated carbocycles. The molecule has 3 aromatic rings. The summed E-state index contributed by atoms with van der Waals surface area (Å²) >= 11 is 0. The highest BCUT2D eigenvalue weighted by atomic mass is 19.1. The number of carbonyl (C=O) groups is 1. The molecule has 1 spiro atoms. The molecular formula is C26H27FN8O. The maximum absolute atomic E-state index is 14.8. The predicted molar refractivity (Wildman–Crippen MR) is 134 cm³/mol. The summed E-state index contributed by atoms with van der Waals surface area (Å²) in [6.07, 6.45) is 1.93. The Kier molecular flexibility index (Phi) is 5.80. The van der Waals surface area contributed by atoms with Crippen LogP contribution in [0.3, 0.4) is 0 Å². The summed E-state index contributed by atoms with van der Waals surface area (Å²) in [6, 6.07) is 10.3. The van der Waals surface area contributed by atoms with Crippen LogP contribution in [0.2, 0.25) is 0 Å². The van der Waals surface area contributed by atoms with Crippen molar-refractivity contribution in [1.29, 1.82) is 5.26 Å². The molecule has 0 aliphatic carbocycles. The normalized spacial score (nSPS) is 20.3. The second-order valence-corrected chi connectivity index (χ2v) is 9.59. The Labute approximate surface area is 208 Å². The third kappa shape index (κ3) is 3.91. The highest BCUT2D eigenvalue weighted by Crippen LogP contribution is 2.44. The average molecular weight is 487 g/mol. The van der Waals surface area contributed by atoms with E-state index in [9.17, 15) is 14.4 Å². The molecule has 2 atom stereocenters. The predicted octanol–water partition coefficient (Wildman–Crippen LogP) is 3.07. The molecule has 1 fully saturated rings. The van der Waals surface area contributed by atoms with E-state index in [2.05, 4.69) is 26.3 Å². The summed E-state index contributed by atoms with van der Waals surface area (Å²) in [4.78, 5) is 30.7. The number of aryl methyl sites for hydroxylation is 1. The number of carbonyl (C=O) groups excluding carboxylic acids is 1. The molecule has 1 saturated heterocycles. The number of rotatable bonds is 4. The topological polar surface area (TPSA) is 124 Å². The average Bonchev–Trinajstić information content (AvgIpc) is 3.24. The smallest absolute Gasteiger partial charge is 0.241 e. The van der Waals surface area contributed by atoms with Crippen LogP contribution < -0.4 is 16.0 Å².